The standard InChI is InChI=1S/C18H28N2O2/c1-3-4-5-6-11-22-17-9-7-14(8-10-17)18(21)20(2)16-12-15(19)13-16/h7-10,15-16H,3-6,11-13,19H2,1-2H3/t15-,16-. The quantitative estimate of drug-likeness (QED) is 0.750. The Bertz CT molecular complexity index is 466. The number of ether oxygens (including phenoxy) is 1. The molecule has 0 aliphatic heterocycles. The minimum absolute atomic E-state index is 0.0615. The van der Waals surface area contributed by atoms with Gasteiger partial charge in [-0.2, -0.15) is 0 Å². The van der Waals surface area contributed by atoms with Gasteiger partial charge in [-0.1, -0.05) is 26.2 Å². The van der Waals surface area contributed by atoms with Crippen molar-refractivity contribution in [1.82, 2.24) is 4.90 Å². The third kappa shape index (κ3) is 4.47. The van der Waals surface area contributed by atoms with Crippen molar-refractivity contribution in [3.8, 4) is 5.75 Å². The smallest absolute Gasteiger partial charge is 0.253 e. The monoisotopic (exact) mass is 304 g/mol. The number of hydrogen-bond acceptors (Lipinski definition) is 3. The number of carbonyl (C=O) groups excluding carboxylic acids is 1. The normalized spacial score (nSPS) is 20.3. The van der Waals surface area contributed by atoms with E-state index in [0.717, 1.165) is 31.6 Å². The molecule has 1 fully saturated rings. The molecule has 0 atom stereocenters. The number of benzene rings is 1. The van der Waals surface area contributed by atoms with E-state index < -0.39 is 0 Å². The number of nitrogens with two attached hydrogens (primary N) is 1. The summed E-state index contributed by atoms with van der Waals surface area (Å²) in [4.78, 5) is 14.2. The number of nitrogens with zero attached hydrogens (tertiary/aromatic N) is 1. The van der Waals surface area contributed by atoms with Gasteiger partial charge in [0.25, 0.3) is 5.91 Å². The maximum Gasteiger partial charge on any atom is 0.253 e. The van der Waals surface area contributed by atoms with Crippen molar-refractivity contribution in [1.29, 1.82) is 0 Å². The first-order valence-corrected chi connectivity index (χ1v) is 8.37. The second-order valence-electron chi connectivity index (χ2n) is 6.23. The molecule has 22 heavy (non-hydrogen) atoms. The van der Waals surface area contributed by atoms with Gasteiger partial charge < -0.3 is 15.4 Å². The van der Waals surface area contributed by atoms with E-state index in [2.05, 4.69) is 6.92 Å². The van der Waals surface area contributed by atoms with Crippen LogP contribution in [-0.2, 0) is 0 Å². The van der Waals surface area contributed by atoms with Crippen LogP contribution in [0.15, 0.2) is 24.3 Å². The van der Waals surface area contributed by atoms with Crippen molar-refractivity contribution in [2.45, 2.75) is 57.5 Å². The highest BCUT2D eigenvalue weighted by atomic mass is 16.5. The van der Waals surface area contributed by atoms with E-state index in [1.54, 1.807) is 0 Å². The highest BCUT2D eigenvalue weighted by Gasteiger charge is 2.32. The lowest BCUT2D eigenvalue weighted by Crippen LogP contribution is -2.51. The number of rotatable bonds is 8. The van der Waals surface area contributed by atoms with E-state index in [1.165, 1.54) is 19.3 Å². The summed E-state index contributed by atoms with van der Waals surface area (Å²) in [6, 6.07) is 8.00. The molecule has 1 amide bonds. The maximum atomic E-state index is 12.4. The Morgan fingerprint density at radius 2 is 1.91 bits per heavy atom. The minimum atomic E-state index is 0.0615. The highest BCUT2D eigenvalue weighted by Crippen LogP contribution is 2.24. The van der Waals surface area contributed by atoms with E-state index in [4.69, 9.17) is 10.5 Å². The molecule has 1 aliphatic carbocycles. The van der Waals surface area contributed by atoms with Crippen LogP contribution in [0, 0.1) is 0 Å². The van der Waals surface area contributed by atoms with Crippen molar-refractivity contribution in [3.05, 3.63) is 29.8 Å². The first-order valence-electron chi connectivity index (χ1n) is 8.37. The third-order valence-corrected chi connectivity index (χ3v) is 4.39. The Hall–Kier alpha value is -1.55. The topological polar surface area (TPSA) is 55.6 Å². The Morgan fingerprint density at radius 1 is 1.23 bits per heavy atom. The maximum absolute atomic E-state index is 12.4. The number of hydrogen-bond donors (Lipinski definition) is 1. The molecule has 1 aromatic carbocycles. The lowest BCUT2D eigenvalue weighted by atomic mass is 9.86. The second-order valence-corrected chi connectivity index (χ2v) is 6.23. The predicted octanol–water partition coefficient (Wildman–Crippen LogP) is 3.21. The van der Waals surface area contributed by atoms with Crippen molar-refractivity contribution in [2.24, 2.45) is 5.73 Å². The van der Waals surface area contributed by atoms with Gasteiger partial charge in [0.1, 0.15) is 5.75 Å². The summed E-state index contributed by atoms with van der Waals surface area (Å²) < 4.78 is 5.70. The molecule has 0 unspecified atom stereocenters. The molecule has 1 saturated carbocycles. The molecule has 0 aromatic heterocycles. The number of unbranched alkanes of at least 4 members (excludes halogenated alkanes) is 3. The van der Waals surface area contributed by atoms with Crippen molar-refractivity contribution in [3.63, 3.8) is 0 Å². The molecule has 1 aromatic rings. The molecule has 2 N–H and O–H groups in total. The molecular weight excluding hydrogens is 276 g/mol. The van der Waals surface area contributed by atoms with Gasteiger partial charge in [-0.25, -0.2) is 0 Å². The van der Waals surface area contributed by atoms with Crippen molar-refractivity contribution in [2.75, 3.05) is 13.7 Å². The molecule has 1 aliphatic rings. The van der Waals surface area contributed by atoms with Gasteiger partial charge in [-0.15, -0.1) is 0 Å². The zero-order valence-corrected chi connectivity index (χ0v) is 13.8. The lowest BCUT2D eigenvalue weighted by molar-refractivity contribution is 0.0625. The van der Waals surface area contributed by atoms with Crippen LogP contribution >= 0.6 is 0 Å². The zero-order chi connectivity index (χ0) is 15.9. The van der Waals surface area contributed by atoms with Crippen LogP contribution in [0.3, 0.4) is 0 Å². The van der Waals surface area contributed by atoms with E-state index >= 15 is 0 Å². The van der Waals surface area contributed by atoms with E-state index in [0.29, 0.717) is 5.56 Å². The third-order valence-electron chi connectivity index (χ3n) is 4.39. The summed E-state index contributed by atoms with van der Waals surface area (Å²) in [6.45, 7) is 2.94. The van der Waals surface area contributed by atoms with Gasteiger partial charge in [0.05, 0.1) is 6.61 Å². The molecule has 4 nitrogen and oxygen atoms in total. The van der Waals surface area contributed by atoms with Crippen LogP contribution in [0.1, 0.15) is 55.8 Å². The number of carbonyl (C=O) groups is 1. The summed E-state index contributed by atoms with van der Waals surface area (Å²) in [5.74, 6) is 0.896. The van der Waals surface area contributed by atoms with E-state index in [1.807, 2.05) is 36.2 Å². The van der Waals surface area contributed by atoms with Gasteiger partial charge in [0.15, 0.2) is 0 Å². The first kappa shape index (κ1) is 16.8. The van der Waals surface area contributed by atoms with Crippen LogP contribution in [-0.4, -0.2) is 36.5 Å². The lowest BCUT2D eigenvalue weighted by Gasteiger charge is -2.39. The predicted molar refractivity (Wildman–Crippen MR) is 89.2 cm³/mol. The zero-order valence-electron chi connectivity index (χ0n) is 13.8. The molecule has 122 valence electrons. The van der Waals surface area contributed by atoms with Crippen molar-refractivity contribution < 1.29 is 9.53 Å². The average Bonchev–Trinajstić information content (AvgIpc) is 2.51. The number of amides is 1. The fourth-order valence-electron chi connectivity index (χ4n) is 2.73. The first-order chi connectivity index (χ1) is 10.6. The van der Waals surface area contributed by atoms with Crippen LogP contribution in [0.2, 0.25) is 0 Å². The average molecular weight is 304 g/mol. The molecule has 4 heteroatoms. The summed E-state index contributed by atoms with van der Waals surface area (Å²) in [5.41, 5.74) is 6.50. The summed E-state index contributed by atoms with van der Waals surface area (Å²) in [5, 5.41) is 0. The Labute approximate surface area is 133 Å². The van der Waals surface area contributed by atoms with Crippen LogP contribution in [0.4, 0.5) is 0 Å². The highest BCUT2D eigenvalue weighted by molar-refractivity contribution is 5.94. The largest absolute Gasteiger partial charge is 0.494 e. The molecule has 0 heterocycles. The van der Waals surface area contributed by atoms with Crippen LogP contribution in [0.25, 0.3) is 0 Å². The molecule has 0 spiro atoms. The van der Waals surface area contributed by atoms with Crippen molar-refractivity contribution >= 4 is 5.91 Å². The molecule has 2 rings (SSSR count). The van der Waals surface area contributed by atoms with E-state index in [9.17, 15) is 4.79 Å². The fourth-order valence-corrected chi connectivity index (χ4v) is 2.73. The van der Waals surface area contributed by atoms with Gasteiger partial charge in [-0.05, 0) is 43.5 Å². The van der Waals surface area contributed by atoms with Crippen LogP contribution < -0.4 is 10.5 Å². The van der Waals surface area contributed by atoms with Gasteiger partial charge in [-0.3, -0.25) is 4.79 Å². The molecular formula is C18H28N2O2. The van der Waals surface area contributed by atoms with Gasteiger partial charge in [0, 0.05) is 24.7 Å². The van der Waals surface area contributed by atoms with E-state index in [-0.39, 0.29) is 18.0 Å². The summed E-state index contributed by atoms with van der Waals surface area (Å²) in [7, 11) is 1.86. The van der Waals surface area contributed by atoms with Gasteiger partial charge >= 0.3 is 0 Å². The Kier molecular flexibility index (Phi) is 6.25. The van der Waals surface area contributed by atoms with Gasteiger partial charge in [0.2, 0.25) is 0 Å². The fraction of sp³-hybridized carbons (Fsp3) is 0.611. The SMILES string of the molecule is CCCCCCOc1ccc(C(=O)N(C)[C@H]2C[C@H](N)C2)cc1. The summed E-state index contributed by atoms with van der Waals surface area (Å²) >= 11 is 0. The summed E-state index contributed by atoms with van der Waals surface area (Å²) in [6.07, 6.45) is 6.59. The second kappa shape index (κ2) is 8.18. The molecule has 0 saturated heterocycles. The molecule has 0 bridgehead atoms. The van der Waals surface area contributed by atoms with Crippen LogP contribution in [0.5, 0.6) is 5.75 Å². The Morgan fingerprint density at radius 3 is 2.50 bits per heavy atom. The minimum Gasteiger partial charge on any atom is -0.494 e. The Balaban J connectivity index is 1.79. The molecule has 0 radical (unpaired) electrons.